The van der Waals surface area contributed by atoms with Crippen LogP contribution in [0.2, 0.25) is 0 Å². The molecule has 0 spiro atoms. The highest BCUT2D eigenvalue weighted by molar-refractivity contribution is 5.41. The summed E-state index contributed by atoms with van der Waals surface area (Å²) in [4.78, 5) is 0. The number of hydrogen-bond acceptors (Lipinski definition) is 3. The van der Waals surface area contributed by atoms with E-state index in [4.69, 9.17) is 4.74 Å². The quantitative estimate of drug-likeness (QED) is 0.792. The minimum atomic E-state index is -0.519. The summed E-state index contributed by atoms with van der Waals surface area (Å²) in [6, 6.07) is 4.18. The highest BCUT2D eigenvalue weighted by Gasteiger charge is 2.25. The summed E-state index contributed by atoms with van der Waals surface area (Å²) >= 11 is 0. The molecule has 0 amide bonds. The van der Waals surface area contributed by atoms with E-state index in [1.54, 1.807) is 0 Å². The van der Waals surface area contributed by atoms with Gasteiger partial charge in [-0.15, -0.1) is 0 Å². The first-order chi connectivity index (χ1) is 10.4. The summed E-state index contributed by atoms with van der Waals surface area (Å²) in [5.74, 6) is 0.871. The van der Waals surface area contributed by atoms with Crippen LogP contribution in [0, 0.1) is 26.2 Å². The molecular weight excluding hydrogens is 286 g/mol. The fourth-order valence-electron chi connectivity index (χ4n) is 3.18. The van der Waals surface area contributed by atoms with Gasteiger partial charge in [0.2, 0.25) is 0 Å². The first-order valence-electron chi connectivity index (χ1n) is 8.53. The highest BCUT2D eigenvalue weighted by atomic mass is 16.5. The van der Waals surface area contributed by atoms with E-state index in [1.807, 2.05) is 6.07 Å². The number of nitrogens with one attached hydrogen (secondary N) is 1. The smallest absolute Gasteiger partial charge is 0.122 e. The zero-order chi connectivity index (χ0) is 17.8. The van der Waals surface area contributed by atoms with Gasteiger partial charge in [0.15, 0.2) is 0 Å². The van der Waals surface area contributed by atoms with Crippen LogP contribution in [0.25, 0.3) is 0 Å². The van der Waals surface area contributed by atoms with Crippen LogP contribution in [-0.4, -0.2) is 29.9 Å². The van der Waals surface area contributed by atoms with Gasteiger partial charge in [0.25, 0.3) is 0 Å². The van der Waals surface area contributed by atoms with E-state index in [0.29, 0.717) is 13.2 Å². The average Bonchev–Trinajstić information content (AvgIpc) is 2.36. The summed E-state index contributed by atoms with van der Waals surface area (Å²) in [5.41, 5.74) is 3.80. The van der Waals surface area contributed by atoms with Crippen LogP contribution < -0.4 is 10.1 Å². The third-order valence-electron chi connectivity index (χ3n) is 3.98. The van der Waals surface area contributed by atoms with Gasteiger partial charge in [-0.3, -0.25) is 0 Å². The number of β-amino-alcohol motifs (C(OH)–C–C–N with tert-alkyl or cyclic N) is 1. The minimum absolute atomic E-state index is 0.00489. The molecule has 0 aliphatic carbocycles. The molecule has 132 valence electrons. The first kappa shape index (κ1) is 20.0. The van der Waals surface area contributed by atoms with Gasteiger partial charge in [-0.25, -0.2) is 0 Å². The molecule has 23 heavy (non-hydrogen) atoms. The Kier molecular flexibility index (Phi) is 6.67. The van der Waals surface area contributed by atoms with E-state index >= 15 is 0 Å². The van der Waals surface area contributed by atoms with Gasteiger partial charge in [0.1, 0.15) is 18.5 Å². The van der Waals surface area contributed by atoms with Crippen LogP contribution in [0.15, 0.2) is 12.1 Å². The van der Waals surface area contributed by atoms with Crippen molar-refractivity contribution in [2.45, 2.75) is 73.5 Å². The molecule has 1 atom stereocenters. The second-order valence-corrected chi connectivity index (χ2v) is 8.67. The maximum absolute atomic E-state index is 10.2. The lowest BCUT2D eigenvalue weighted by Crippen LogP contribution is -2.46. The van der Waals surface area contributed by atoms with Gasteiger partial charge in [-0.05, 0) is 69.2 Å². The molecule has 0 saturated heterocycles. The van der Waals surface area contributed by atoms with Gasteiger partial charge in [-0.2, -0.15) is 0 Å². The lowest BCUT2D eigenvalue weighted by molar-refractivity contribution is 0.0940. The molecule has 1 aromatic rings. The Bertz CT molecular complexity index is 515. The molecule has 1 aromatic carbocycles. The molecule has 2 N–H and O–H groups in total. The van der Waals surface area contributed by atoms with Crippen LogP contribution in [0.5, 0.6) is 5.75 Å². The zero-order valence-electron chi connectivity index (χ0n) is 16.2. The van der Waals surface area contributed by atoms with Crippen molar-refractivity contribution in [1.82, 2.24) is 5.32 Å². The second-order valence-electron chi connectivity index (χ2n) is 8.67. The molecule has 3 nitrogen and oxygen atoms in total. The number of rotatable bonds is 7. The van der Waals surface area contributed by atoms with Crippen LogP contribution >= 0.6 is 0 Å². The van der Waals surface area contributed by atoms with Crippen molar-refractivity contribution in [2.24, 2.45) is 5.41 Å². The van der Waals surface area contributed by atoms with Crippen LogP contribution in [-0.2, 0) is 0 Å². The number of aliphatic hydroxyl groups excluding tert-OH is 1. The minimum Gasteiger partial charge on any atom is -0.491 e. The van der Waals surface area contributed by atoms with Gasteiger partial charge < -0.3 is 15.2 Å². The molecule has 0 aliphatic rings. The Morgan fingerprint density at radius 2 is 1.70 bits per heavy atom. The number of ether oxygens (including phenoxy) is 1. The molecule has 0 heterocycles. The van der Waals surface area contributed by atoms with Gasteiger partial charge in [0.05, 0.1) is 0 Å². The molecule has 0 saturated carbocycles. The summed E-state index contributed by atoms with van der Waals surface area (Å²) in [5, 5.41) is 13.7. The number of hydrogen-bond donors (Lipinski definition) is 2. The van der Waals surface area contributed by atoms with E-state index in [2.05, 4.69) is 66.8 Å². The number of aliphatic hydroxyl groups is 1. The lowest BCUT2D eigenvalue weighted by Gasteiger charge is -2.34. The maximum atomic E-state index is 10.2. The molecule has 0 aromatic heterocycles. The number of benzene rings is 1. The predicted octanol–water partition coefficient (Wildman–Crippen LogP) is 4.16. The molecule has 1 unspecified atom stereocenters. The summed E-state index contributed by atoms with van der Waals surface area (Å²) in [6.45, 7) is 18.1. The topological polar surface area (TPSA) is 41.5 Å². The van der Waals surface area contributed by atoms with E-state index in [1.165, 1.54) is 11.1 Å². The molecule has 0 bridgehead atoms. The summed E-state index contributed by atoms with van der Waals surface area (Å²) in [7, 11) is 0. The van der Waals surface area contributed by atoms with E-state index in [9.17, 15) is 5.11 Å². The normalized spacial score (nSPS) is 14.0. The van der Waals surface area contributed by atoms with Crippen molar-refractivity contribution in [3.05, 3.63) is 28.8 Å². The zero-order valence-corrected chi connectivity index (χ0v) is 16.2. The van der Waals surface area contributed by atoms with E-state index in [0.717, 1.165) is 17.7 Å². The van der Waals surface area contributed by atoms with Crippen molar-refractivity contribution in [1.29, 1.82) is 0 Å². The van der Waals surface area contributed by atoms with Crippen molar-refractivity contribution < 1.29 is 9.84 Å². The Morgan fingerprint density at radius 3 is 2.26 bits per heavy atom. The summed E-state index contributed by atoms with van der Waals surface area (Å²) < 4.78 is 5.84. The SMILES string of the molecule is Cc1cc(C)c(C)c(OCC(O)CNC(C)(C)CC(C)(C)C)c1. The monoisotopic (exact) mass is 321 g/mol. The van der Waals surface area contributed by atoms with Crippen molar-refractivity contribution in [3.63, 3.8) is 0 Å². The Balaban J connectivity index is 2.51. The molecule has 3 heteroatoms. The van der Waals surface area contributed by atoms with Crippen molar-refractivity contribution >= 4 is 0 Å². The van der Waals surface area contributed by atoms with Gasteiger partial charge in [-0.1, -0.05) is 26.8 Å². The largest absolute Gasteiger partial charge is 0.491 e. The lowest BCUT2D eigenvalue weighted by atomic mass is 9.82. The predicted molar refractivity (Wildman–Crippen MR) is 98.3 cm³/mol. The van der Waals surface area contributed by atoms with Crippen molar-refractivity contribution in [2.75, 3.05) is 13.2 Å². The Labute approximate surface area is 142 Å². The fourth-order valence-corrected chi connectivity index (χ4v) is 3.18. The van der Waals surface area contributed by atoms with Crippen LogP contribution in [0.1, 0.15) is 57.7 Å². The van der Waals surface area contributed by atoms with Crippen molar-refractivity contribution in [3.8, 4) is 5.75 Å². The Hall–Kier alpha value is -1.06. The van der Waals surface area contributed by atoms with E-state index in [-0.39, 0.29) is 11.0 Å². The Morgan fingerprint density at radius 1 is 1.09 bits per heavy atom. The molecular formula is C20H35NO2. The maximum Gasteiger partial charge on any atom is 0.122 e. The molecule has 1 rings (SSSR count). The average molecular weight is 322 g/mol. The summed E-state index contributed by atoms with van der Waals surface area (Å²) in [6.07, 6.45) is 0.526. The second kappa shape index (κ2) is 7.67. The number of aryl methyl sites for hydroxylation is 2. The van der Waals surface area contributed by atoms with Crippen LogP contribution in [0.4, 0.5) is 0 Å². The van der Waals surface area contributed by atoms with Crippen LogP contribution in [0.3, 0.4) is 0 Å². The van der Waals surface area contributed by atoms with E-state index < -0.39 is 6.10 Å². The third kappa shape index (κ3) is 7.36. The molecule has 0 radical (unpaired) electrons. The molecule has 0 fully saturated rings. The third-order valence-corrected chi connectivity index (χ3v) is 3.98. The fraction of sp³-hybridized carbons (Fsp3) is 0.700. The van der Waals surface area contributed by atoms with Gasteiger partial charge in [0, 0.05) is 12.1 Å². The van der Waals surface area contributed by atoms with Gasteiger partial charge >= 0.3 is 0 Å². The molecule has 0 aliphatic heterocycles. The highest BCUT2D eigenvalue weighted by Crippen LogP contribution is 2.27. The first-order valence-corrected chi connectivity index (χ1v) is 8.53. The standard InChI is InChI=1S/C20H35NO2/c1-14-9-15(2)16(3)18(10-14)23-12-17(22)11-21-20(7,8)13-19(4,5)6/h9-10,17,21-22H,11-13H2,1-8H3.